The quantitative estimate of drug-likeness (QED) is 0.606. The normalized spacial score (nSPS) is 13.6. The molecule has 0 spiro atoms. The van der Waals surface area contributed by atoms with Crippen molar-refractivity contribution in [3.8, 4) is 17.9 Å². The highest BCUT2D eigenvalue weighted by molar-refractivity contribution is 6.08. The second kappa shape index (κ2) is 8.37. The molecule has 32 heavy (non-hydrogen) atoms. The molecule has 0 radical (unpaired) electrons. The minimum absolute atomic E-state index is 0.112. The zero-order chi connectivity index (χ0) is 22.8. The predicted molar refractivity (Wildman–Crippen MR) is 121 cm³/mol. The van der Waals surface area contributed by atoms with Gasteiger partial charge in [0.1, 0.15) is 36.1 Å². The highest BCUT2D eigenvalue weighted by Crippen LogP contribution is 2.44. The van der Waals surface area contributed by atoms with Gasteiger partial charge in [-0.1, -0.05) is 30.3 Å². The van der Waals surface area contributed by atoms with E-state index in [4.69, 9.17) is 10.5 Å². The van der Waals surface area contributed by atoms with Crippen LogP contribution in [0.25, 0.3) is 17.2 Å². The van der Waals surface area contributed by atoms with Gasteiger partial charge in [-0.15, -0.1) is 0 Å². The number of hydrogen-bond acceptors (Lipinski definition) is 5. The molecule has 3 aromatic rings. The van der Waals surface area contributed by atoms with E-state index in [2.05, 4.69) is 17.1 Å². The Kier molecular flexibility index (Phi) is 5.45. The number of rotatable bonds is 4. The first-order chi connectivity index (χ1) is 15.4. The summed E-state index contributed by atoms with van der Waals surface area (Å²) < 4.78 is 19.7. The number of nitriles is 2. The summed E-state index contributed by atoms with van der Waals surface area (Å²) in [6, 6.07) is 18.2. The van der Waals surface area contributed by atoms with Gasteiger partial charge in [0.05, 0.1) is 16.8 Å². The Labute approximate surface area is 185 Å². The highest BCUT2D eigenvalue weighted by atomic mass is 19.1. The van der Waals surface area contributed by atoms with Crippen LogP contribution in [0.5, 0.6) is 5.75 Å². The lowest BCUT2D eigenvalue weighted by atomic mass is 9.95. The van der Waals surface area contributed by atoms with Crippen molar-refractivity contribution in [1.29, 1.82) is 10.5 Å². The lowest BCUT2D eigenvalue weighted by Gasteiger charge is -2.11. The fourth-order valence-electron chi connectivity index (χ4n) is 3.83. The summed E-state index contributed by atoms with van der Waals surface area (Å²) in [6.07, 6.45) is 1.93. The number of nitrogens with two attached hydrogens (primary N) is 1. The van der Waals surface area contributed by atoms with Crippen LogP contribution in [0, 0.1) is 35.4 Å². The van der Waals surface area contributed by atoms with E-state index in [1.807, 2.05) is 38.1 Å². The maximum atomic E-state index is 13.9. The fourth-order valence-corrected chi connectivity index (χ4v) is 3.83. The average Bonchev–Trinajstić information content (AvgIpc) is 3.04. The minimum atomic E-state index is -0.311. The first kappa shape index (κ1) is 20.8. The van der Waals surface area contributed by atoms with Crippen molar-refractivity contribution in [2.45, 2.75) is 20.5 Å². The third-order valence-electron chi connectivity index (χ3n) is 5.51. The van der Waals surface area contributed by atoms with E-state index in [9.17, 15) is 14.9 Å². The van der Waals surface area contributed by atoms with Crippen LogP contribution in [-0.2, 0) is 6.61 Å². The van der Waals surface area contributed by atoms with Gasteiger partial charge in [-0.05, 0) is 60.4 Å². The molecule has 2 N–H and O–H groups in total. The molecular weight excluding hydrogens is 403 g/mol. The Balaban J connectivity index is 1.73. The van der Waals surface area contributed by atoms with E-state index in [-0.39, 0.29) is 18.2 Å². The molecule has 0 aliphatic heterocycles. The average molecular weight is 422 g/mol. The zero-order valence-electron chi connectivity index (χ0n) is 17.6. The number of pyridine rings is 1. The third kappa shape index (κ3) is 3.59. The van der Waals surface area contributed by atoms with Crippen molar-refractivity contribution >= 4 is 23.0 Å². The number of fused-ring (bicyclic) bond motifs is 1. The number of benzene rings is 2. The van der Waals surface area contributed by atoms with E-state index in [0.717, 1.165) is 22.3 Å². The second-order valence-corrected chi connectivity index (χ2v) is 7.45. The molecule has 1 aromatic heterocycles. The highest BCUT2D eigenvalue weighted by Gasteiger charge is 2.29. The van der Waals surface area contributed by atoms with E-state index < -0.39 is 0 Å². The molecule has 1 aliphatic rings. The van der Waals surface area contributed by atoms with Crippen LogP contribution in [0.2, 0.25) is 0 Å². The number of nitrogen functional groups attached to an aromatic ring is 1. The number of allylic oxidation sites excluding steroid dienone is 3. The lowest BCUT2D eigenvalue weighted by molar-refractivity contribution is 0.300. The molecule has 0 atom stereocenters. The topological polar surface area (TPSA) is 95.7 Å². The van der Waals surface area contributed by atoms with Gasteiger partial charge in [-0.25, -0.2) is 9.37 Å². The predicted octanol–water partition coefficient (Wildman–Crippen LogP) is 5.41. The van der Waals surface area contributed by atoms with E-state index in [1.54, 1.807) is 24.3 Å². The van der Waals surface area contributed by atoms with Crippen molar-refractivity contribution in [1.82, 2.24) is 4.98 Å². The van der Waals surface area contributed by atoms with Gasteiger partial charge < -0.3 is 10.5 Å². The fraction of sp³-hybridized carbons (Fsp3) is 0.115. The van der Waals surface area contributed by atoms with Crippen molar-refractivity contribution in [3.63, 3.8) is 0 Å². The van der Waals surface area contributed by atoms with Gasteiger partial charge in [0.25, 0.3) is 0 Å². The Morgan fingerprint density at radius 1 is 1.09 bits per heavy atom. The summed E-state index contributed by atoms with van der Waals surface area (Å²) in [6.45, 7) is 3.78. The Hall–Kier alpha value is -4.42. The molecule has 1 heterocycles. The van der Waals surface area contributed by atoms with Crippen LogP contribution in [0.15, 0.2) is 54.1 Å². The first-order valence-corrected chi connectivity index (χ1v) is 9.94. The standard InChI is InChI=1S/C26H19FN4O/c1-15-20(24-16(2)22(13-29)26(30)31-25(24)21(15)12-28)11-17-6-5-8-19(10-17)32-14-18-7-3-4-9-23(18)27/h3-11H,14H2,1-2H3,(H2,30,31). The van der Waals surface area contributed by atoms with Crippen LogP contribution in [-0.4, -0.2) is 4.98 Å². The number of anilines is 1. The molecule has 0 fully saturated rings. The monoisotopic (exact) mass is 422 g/mol. The van der Waals surface area contributed by atoms with Gasteiger partial charge in [-0.3, -0.25) is 0 Å². The van der Waals surface area contributed by atoms with Gasteiger partial charge in [0, 0.05) is 11.1 Å². The van der Waals surface area contributed by atoms with Crippen molar-refractivity contribution in [3.05, 3.63) is 93.4 Å². The number of halogens is 1. The zero-order valence-corrected chi connectivity index (χ0v) is 17.6. The maximum Gasteiger partial charge on any atom is 0.142 e. The summed E-state index contributed by atoms with van der Waals surface area (Å²) in [4.78, 5) is 4.34. The molecule has 0 unspecified atom stereocenters. The SMILES string of the molecule is CC1=C(C#N)c2nc(N)c(C#N)c(C)c2C1=Cc1cccc(OCc2ccccc2F)c1. The molecule has 6 heteroatoms. The maximum absolute atomic E-state index is 13.9. The Bertz CT molecular complexity index is 1390. The largest absolute Gasteiger partial charge is 0.489 e. The molecule has 1 aliphatic carbocycles. The molecule has 4 rings (SSSR count). The molecule has 2 aromatic carbocycles. The van der Waals surface area contributed by atoms with E-state index in [1.165, 1.54) is 6.07 Å². The van der Waals surface area contributed by atoms with Crippen molar-refractivity contribution in [2.24, 2.45) is 0 Å². The van der Waals surface area contributed by atoms with E-state index in [0.29, 0.717) is 33.7 Å². The summed E-state index contributed by atoms with van der Waals surface area (Å²) in [5.74, 6) is 0.399. The first-order valence-electron chi connectivity index (χ1n) is 9.94. The van der Waals surface area contributed by atoms with Crippen LogP contribution in [0.3, 0.4) is 0 Å². The van der Waals surface area contributed by atoms with Gasteiger partial charge in [0.2, 0.25) is 0 Å². The van der Waals surface area contributed by atoms with Crippen LogP contribution in [0.4, 0.5) is 10.2 Å². The summed E-state index contributed by atoms with van der Waals surface area (Å²) in [7, 11) is 0. The van der Waals surface area contributed by atoms with Crippen molar-refractivity contribution in [2.75, 3.05) is 5.73 Å². The molecule has 5 nitrogen and oxygen atoms in total. The smallest absolute Gasteiger partial charge is 0.142 e. The third-order valence-corrected chi connectivity index (χ3v) is 5.51. The second-order valence-electron chi connectivity index (χ2n) is 7.45. The molecule has 0 amide bonds. The molecule has 156 valence electrons. The number of ether oxygens (including phenoxy) is 1. The molecule has 0 saturated carbocycles. The lowest BCUT2D eigenvalue weighted by Crippen LogP contribution is -2.03. The summed E-state index contributed by atoms with van der Waals surface area (Å²) in [5, 5.41) is 19.2. The minimum Gasteiger partial charge on any atom is -0.489 e. The molecular formula is C26H19FN4O. The molecule has 0 bridgehead atoms. The van der Waals surface area contributed by atoms with E-state index >= 15 is 0 Å². The summed E-state index contributed by atoms with van der Waals surface area (Å²) in [5.41, 5.74) is 11.5. The Morgan fingerprint density at radius 2 is 1.88 bits per heavy atom. The van der Waals surface area contributed by atoms with Crippen molar-refractivity contribution < 1.29 is 9.13 Å². The summed E-state index contributed by atoms with van der Waals surface area (Å²) >= 11 is 0. The number of aromatic nitrogens is 1. The number of nitrogens with zero attached hydrogens (tertiary/aromatic N) is 3. The molecule has 0 saturated heterocycles. The Morgan fingerprint density at radius 3 is 2.59 bits per heavy atom. The number of hydrogen-bond donors (Lipinski definition) is 1. The van der Waals surface area contributed by atoms with Gasteiger partial charge >= 0.3 is 0 Å². The van der Waals surface area contributed by atoms with Gasteiger partial charge in [-0.2, -0.15) is 10.5 Å². The van der Waals surface area contributed by atoms with Crippen LogP contribution >= 0.6 is 0 Å². The van der Waals surface area contributed by atoms with Crippen LogP contribution < -0.4 is 10.5 Å². The van der Waals surface area contributed by atoms with Gasteiger partial charge in [0.15, 0.2) is 0 Å². The van der Waals surface area contributed by atoms with Crippen LogP contribution in [0.1, 0.15) is 40.4 Å².